The quantitative estimate of drug-likeness (QED) is 0.416. The first-order valence-electron chi connectivity index (χ1n) is 13.1. The molecule has 1 aliphatic heterocycles. The maximum atomic E-state index is 13.5. The Balaban J connectivity index is 1.16. The second-order valence-corrected chi connectivity index (χ2v) is 10.7. The third-order valence-corrected chi connectivity index (χ3v) is 7.76. The molecule has 0 bridgehead atoms. The number of likely N-dealkylation sites (tertiary alicyclic amines) is 1. The lowest BCUT2D eigenvalue weighted by molar-refractivity contribution is -0.141. The van der Waals surface area contributed by atoms with Crippen molar-refractivity contribution in [3.63, 3.8) is 0 Å². The zero-order valence-corrected chi connectivity index (χ0v) is 21.3. The molecule has 6 rings (SSSR count). The number of amides is 2. The highest BCUT2D eigenvalue weighted by molar-refractivity contribution is 6.05. The Hall–Kier alpha value is -3.96. The largest absolute Gasteiger partial charge is 0.486 e. The van der Waals surface area contributed by atoms with E-state index in [4.69, 9.17) is 4.74 Å². The molecule has 39 heavy (non-hydrogen) atoms. The molecule has 1 saturated heterocycles. The van der Waals surface area contributed by atoms with Crippen LogP contribution >= 0.6 is 0 Å². The lowest BCUT2D eigenvalue weighted by atomic mass is 9.81. The van der Waals surface area contributed by atoms with Crippen molar-refractivity contribution < 1.29 is 27.9 Å². The zero-order chi connectivity index (χ0) is 27.3. The number of nitrogens with zero attached hydrogens (tertiary/aromatic N) is 5. The van der Waals surface area contributed by atoms with Crippen LogP contribution < -0.4 is 10.1 Å². The lowest BCUT2D eigenvalue weighted by Gasteiger charge is -2.35. The normalized spacial score (nSPS) is 23.3. The first-order valence-corrected chi connectivity index (χ1v) is 13.1. The third kappa shape index (κ3) is 5.07. The molecule has 2 saturated carbocycles. The minimum Gasteiger partial charge on any atom is -0.486 e. The molecule has 10 nitrogen and oxygen atoms in total. The fraction of sp³-hybridized carbons (Fsp3) is 0.481. The first-order chi connectivity index (χ1) is 18.7. The fourth-order valence-corrected chi connectivity index (χ4v) is 5.73. The van der Waals surface area contributed by atoms with Crippen molar-refractivity contribution in [2.45, 2.75) is 63.8 Å². The molecule has 3 aliphatic rings. The van der Waals surface area contributed by atoms with Crippen LogP contribution in [-0.4, -0.2) is 66.8 Å². The van der Waals surface area contributed by atoms with Gasteiger partial charge in [0.25, 0.3) is 0 Å². The van der Waals surface area contributed by atoms with Gasteiger partial charge in [-0.05, 0) is 48.9 Å². The van der Waals surface area contributed by atoms with Crippen LogP contribution in [0.1, 0.15) is 48.9 Å². The number of benzene rings is 1. The number of hydrogen-bond donors (Lipinski definition) is 1. The zero-order valence-electron chi connectivity index (χ0n) is 21.3. The van der Waals surface area contributed by atoms with Gasteiger partial charge in [-0.2, -0.15) is 5.10 Å². The number of carbonyl (C=O) groups is 3. The van der Waals surface area contributed by atoms with Gasteiger partial charge in [-0.15, -0.1) is 0 Å². The van der Waals surface area contributed by atoms with E-state index in [9.17, 15) is 23.2 Å². The molecule has 3 atom stereocenters. The summed E-state index contributed by atoms with van der Waals surface area (Å²) < 4.78 is 33.5. The van der Waals surface area contributed by atoms with Gasteiger partial charge in [0, 0.05) is 50.1 Å². The number of piperidine rings is 1. The average molecular weight is 539 g/mol. The molecule has 2 amide bonds. The van der Waals surface area contributed by atoms with Crippen molar-refractivity contribution in [3.05, 3.63) is 48.2 Å². The Kier molecular flexibility index (Phi) is 6.27. The van der Waals surface area contributed by atoms with Crippen molar-refractivity contribution in [1.82, 2.24) is 30.0 Å². The van der Waals surface area contributed by atoms with Gasteiger partial charge in [-0.1, -0.05) is 0 Å². The number of alkyl halides is 2. The summed E-state index contributed by atoms with van der Waals surface area (Å²) in [7, 11) is 0. The Labute approximate surface area is 222 Å². The van der Waals surface area contributed by atoms with E-state index in [0.29, 0.717) is 28.9 Å². The van der Waals surface area contributed by atoms with Crippen LogP contribution in [-0.2, 0) is 22.7 Å². The molecule has 204 valence electrons. The van der Waals surface area contributed by atoms with Gasteiger partial charge in [0.1, 0.15) is 30.6 Å². The number of halogens is 2. The Morgan fingerprint density at radius 2 is 1.92 bits per heavy atom. The van der Waals surface area contributed by atoms with Crippen LogP contribution in [0.2, 0.25) is 0 Å². The lowest BCUT2D eigenvalue weighted by Crippen LogP contribution is -2.51. The number of nitrogens with one attached hydrogen (secondary N) is 1. The summed E-state index contributed by atoms with van der Waals surface area (Å²) in [6.45, 7) is 1.62. The molecule has 0 spiro atoms. The van der Waals surface area contributed by atoms with Gasteiger partial charge in [-0.3, -0.25) is 19.1 Å². The number of rotatable bonds is 9. The molecule has 2 aliphatic carbocycles. The smallest absolute Gasteiger partial charge is 0.248 e. The fourth-order valence-electron chi connectivity index (χ4n) is 5.73. The Bertz CT molecular complexity index is 1440. The van der Waals surface area contributed by atoms with Gasteiger partial charge in [0.2, 0.25) is 17.7 Å². The Morgan fingerprint density at radius 1 is 1.15 bits per heavy atom. The molecule has 1 N–H and O–H groups in total. The second kappa shape index (κ2) is 9.65. The number of ether oxygens (including phenoxy) is 1. The van der Waals surface area contributed by atoms with E-state index in [-0.39, 0.29) is 73.7 Å². The summed E-state index contributed by atoms with van der Waals surface area (Å²) in [5.74, 6) is -2.41. The van der Waals surface area contributed by atoms with Gasteiger partial charge in [0.15, 0.2) is 11.6 Å². The summed E-state index contributed by atoms with van der Waals surface area (Å²) >= 11 is 0. The van der Waals surface area contributed by atoms with Crippen molar-refractivity contribution in [2.75, 3.05) is 6.54 Å². The van der Waals surface area contributed by atoms with Crippen LogP contribution in [0, 0.1) is 11.8 Å². The summed E-state index contributed by atoms with van der Waals surface area (Å²) in [5.41, 5.74) is 0.812. The number of carbonyl (C=O) groups excluding carboxylic acids is 3. The standard InChI is InChI=1S/C27H28F2N6O4/c1-15(36)25-19-9-18(39-14-23-30-5-2-6-31-23)3-4-20(19)34(33-25)13-24(37)35-21-7-17(21)8-22(35)26(38)32-12-16-10-27(28,29)11-16/h2-6,9,16-17,21-22H,7-8,10-14H2,1H3,(H,32,38)/t17-,21-,22+/m1/s1. The summed E-state index contributed by atoms with van der Waals surface area (Å²) in [4.78, 5) is 48.6. The third-order valence-electron chi connectivity index (χ3n) is 7.76. The molecular formula is C27H28F2N6O4. The summed E-state index contributed by atoms with van der Waals surface area (Å²) in [6, 6.07) is 6.25. The molecule has 3 heterocycles. The van der Waals surface area contributed by atoms with E-state index in [1.54, 1.807) is 41.6 Å². The van der Waals surface area contributed by atoms with Crippen molar-refractivity contribution in [3.8, 4) is 5.75 Å². The second-order valence-electron chi connectivity index (χ2n) is 10.7. The molecule has 1 aromatic carbocycles. The highest BCUT2D eigenvalue weighted by Gasteiger charge is 2.56. The van der Waals surface area contributed by atoms with Crippen LogP contribution in [0.4, 0.5) is 8.78 Å². The van der Waals surface area contributed by atoms with Crippen molar-refractivity contribution in [1.29, 1.82) is 0 Å². The number of fused-ring (bicyclic) bond motifs is 2. The monoisotopic (exact) mass is 538 g/mol. The topological polar surface area (TPSA) is 119 Å². The minimum absolute atomic E-state index is 0.00408. The average Bonchev–Trinajstić information content (AvgIpc) is 3.40. The number of aromatic nitrogens is 4. The molecular weight excluding hydrogens is 510 g/mol. The number of ketones is 1. The predicted octanol–water partition coefficient (Wildman–Crippen LogP) is 2.76. The van der Waals surface area contributed by atoms with E-state index in [0.717, 1.165) is 6.42 Å². The summed E-state index contributed by atoms with van der Waals surface area (Å²) in [5, 5.41) is 7.76. The van der Waals surface area contributed by atoms with Crippen molar-refractivity contribution >= 4 is 28.5 Å². The van der Waals surface area contributed by atoms with Crippen molar-refractivity contribution in [2.24, 2.45) is 11.8 Å². The highest BCUT2D eigenvalue weighted by atomic mass is 19.3. The van der Waals surface area contributed by atoms with E-state index >= 15 is 0 Å². The van der Waals surface area contributed by atoms with Gasteiger partial charge in [0.05, 0.1) is 5.52 Å². The van der Waals surface area contributed by atoms with Crippen LogP contribution in [0.25, 0.3) is 10.9 Å². The van der Waals surface area contributed by atoms with Gasteiger partial charge in [-0.25, -0.2) is 18.7 Å². The SMILES string of the molecule is CC(=O)c1nn(CC(=O)N2[C@@H]3C[C@@H]3C[C@H]2C(=O)NCC2CC(F)(F)C2)c2ccc(OCc3ncccn3)cc12. The molecule has 3 aromatic rings. The van der Waals surface area contributed by atoms with Gasteiger partial charge >= 0.3 is 0 Å². The van der Waals surface area contributed by atoms with Gasteiger partial charge < -0.3 is 15.0 Å². The maximum Gasteiger partial charge on any atom is 0.248 e. The molecule has 3 fully saturated rings. The van der Waals surface area contributed by atoms with E-state index in [1.807, 2.05) is 0 Å². The van der Waals surface area contributed by atoms with Crippen LogP contribution in [0.5, 0.6) is 5.75 Å². The molecule has 2 aromatic heterocycles. The highest BCUT2D eigenvalue weighted by Crippen LogP contribution is 2.48. The predicted molar refractivity (Wildman–Crippen MR) is 134 cm³/mol. The van der Waals surface area contributed by atoms with Crippen LogP contribution in [0.15, 0.2) is 36.7 Å². The Morgan fingerprint density at radius 3 is 2.64 bits per heavy atom. The van der Waals surface area contributed by atoms with E-state index in [2.05, 4.69) is 20.4 Å². The number of hydrogen-bond acceptors (Lipinski definition) is 7. The molecule has 0 radical (unpaired) electrons. The summed E-state index contributed by atoms with van der Waals surface area (Å²) in [6.07, 6.45) is 4.21. The molecule has 0 unspecified atom stereocenters. The maximum absolute atomic E-state index is 13.5. The minimum atomic E-state index is -2.64. The molecule has 12 heteroatoms. The van der Waals surface area contributed by atoms with Crippen LogP contribution in [0.3, 0.4) is 0 Å². The van der Waals surface area contributed by atoms with E-state index < -0.39 is 12.0 Å². The first kappa shape index (κ1) is 25.3. The van der Waals surface area contributed by atoms with E-state index in [1.165, 1.54) is 11.6 Å². The number of Topliss-reactive ketones (excluding diaryl/α,β-unsaturated/α-hetero) is 1.